The molecule has 2 nitrogen and oxygen atoms in total. The van der Waals surface area contributed by atoms with E-state index in [9.17, 15) is 8.78 Å². The normalized spacial score (nSPS) is 12.8. The molecule has 0 amide bonds. The molecule has 0 aliphatic heterocycles. The highest BCUT2D eigenvalue weighted by Crippen LogP contribution is 2.08. The van der Waals surface area contributed by atoms with Crippen molar-refractivity contribution in [3.8, 4) is 0 Å². The second-order valence-electron chi connectivity index (χ2n) is 3.68. The van der Waals surface area contributed by atoms with Crippen LogP contribution in [0, 0.1) is 11.6 Å². The molecule has 4 heteroatoms. The van der Waals surface area contributed by atoms with Crippen LogP contribution >= 0.6 is 0 Å². The van der Waals surface area contributed by atoms with E-state index in [1.54, 1.807) is 0 Å². The van der Waals surface area contributed by atoms with Crippen molar-refractivity contribution >= 4 is 0 Å². The molecule has 1 atom stereocenters. The van der Waals surface area contributed by atoms with Crippen LogP contribution in [0.3, 0.4) is 0 Å². The summed E-state index contributed by atoms with van der Waals surface area (Å²) in [5, 5.41) is 3.01. The van der Waals surface area contributed by atoms with Crippen LogP contribution in [0.1, 0.15) is 18.9 Å². The third-order valence-corrected chi connectivity index (χ3v) is 2.10. The number of nitrogens with one attached hydrogen (secondary N) is 1. The standard InChI is InChI=1S/C11H16F2N2/c1-8(14)4-5-15-7-9-6-10(12)2-3-11(9)13/h2-3,6,8,15H,4-5,7,14H2,1H3. The van der Waals surface area contributed by atoms with Crippen molar-refractivity contribution < 1.29 is 8.78 Å². The predicted octanol–water partition coefficient (Wildman–Crippen LogP) is 1.79. The van der Waals surface area contributed by atoms with Gasteiger partial charge in [-0.1, -0.05) is 0 Å². The minimum Gasteiger partial charge on any atom is -0.328 e. The van der Waals surface area contributed by atoms with Gasteiger partial charge in [0.15, 0.2) is 0 Å². The zero-order valence-electron chi connectivity index (χ0n) is 8.76. The molecule has 0 heterocycles. The fourth-order valence-electron chi connectivity index (χ4n) is 1.23. The number of nitrogens with two attached hydrogens (primary N) is 1. The van der Waals surface area contributed by atoms with E-state index in [4.69, 9.17) is 5.73 Å². The second-order valence-corrected chi connectivity index (χ2v) is 3.68. The fourth-order valence-corrected chi connectivity index (χ4v) is 1.23. The first kappa shape index (κ1) is 12.1. The summed E-state index contributed by atoms with van der Waals surface area (Å²) in [5.74, 6) is -0.801. The van der Waals surface area contributed by atoms with Crippen LogP contribution in [0.4, 0.5) is 8.78 Å². The molecular weight excluding hydrogens is 198 g/mol. The van der Waals surface area contributed by atoms with Crippen molar-refractivity contribution in [3.63, 3.8) is 0 Å². The van der Waals surface area contributed by atoms with Gasteiger partial charge in [0.05, 0.1) is 0 Å². The first-order chi connectivity index (χ1) is 7.09. The molecule has 1 aromatic carbocycles. The maximum atomic E-state index is 13.1. The quantitative estimate of drug-likeness (QED) is 0.733. The monoisotopic (exact) mass is 214 g/mol. The van der Waals surface area contributed by atoms with Crippen molar-refractivity contribution in [1.29, 1.82) is 0 Å². The summed E-state index contributed by atoms with van der Waals surface area (Å²) in [6.45, 7) is 2.94. The van der Waals surface area contributed by atoms with Crippen LogP contribution in [0.2, 0.25) is 0 Å². The summed E-state index contributed by atoms with van der Waals surface area (Å²) in [6.07, 6.45) is 0.816. The van der Waals surface area contributed by atoms with Gasteiger partial charge < -0.3 is 11.1 Å². The third kappa shape index (κ3) is 4.36. The molecule has 0 aromatic heterocycles. The Morgan fingerprint density at radius 3 is 2.80 bits per heavy atom. The molecule has 3 N–H and O–H groups in total. The number of halogens is 2. The topological polar surface area (TPSA) is 38.0 Å². The molecule has 0 aliphatic carbocycles. The van der Waals surface area contributed by atoms with Gasteiger partial charge in [-0.3, -0.25) is 0 Å². The van der Waals surface area contributed by atoms with E-state index in [1.807, 2.05) is 6.92 Å². The van der Waals surface area contributed by atoms with Crippen molar-refractivity contribution in [2.75, 3.05) is 6.54 Å². The molecule has 0 bridgehead atoms. The zero-order valence-corrected chi connectivity index (χ0v) is 8.76. The van der Waals surface area contributed by atoms with E-state index in [1.165, 1.54) is 6.07 Å². The van der Waals surface area contributed by atoms with Gasteiger partial charge >= 0.3 is 0 Å². The number of hydrogen-bond acceptors (Lipinski definition) is 2. The van der Waals surface area contributed by atoms with Gasteiger partial charge in [-0.2, -0.15) is 0 Å². The van der Waals surface area contributed by atoms with E-state index in [2.05, 4.69) is 5.32 Å². The highest BCUT2D eigenvalue weighted by atomic mass is 19.1. The van der Waals surface area contributed by atoms with E-state index < -0.39 is 5.82 Å². The lowest BCUT2D eigenvalue weighted by Gasteiger charge is -2.07. The Kier molecular flexibility index (Phi) is 4.65. The number of rotatable bonds is 5. The van der Waals surface area contributed by atoms with Gasteiger partial charge in [0.1, 0.15) is 11.6 Å². The smallest absolute Gasteiger partial charge is 0.127 e. The minimum absolute atomic E-state index is 0.120. The van der Waals surface area contributed by atoms with Gasteiger partial charge in [-0.25, -0.2) is 8.78 Å². The van der Waals surface area contributed by atoms with E-state index in [0.717, 1.165) is 18.6 Å². The molecule has 1 unspecified atom stereocenters. The number of hydrogen-bond donors (Lipinski definition) is 2. The Labute approximate surface area is 88.5 Å². The molecule has 1 aromatic rings. The van der Waals surface area contributed by atoms with Gasteiger partial charge in [0.2, 0.25) is 0 Å². The summed E-state index contributed by atoms with van der Waals surface area (Å²) in [6, 6.07) is 3.57. The summed E-state index contributed by atoms with van der Waals surface area (Å²) in [5.41, 5.74) is 5.90. The molecule has 0 saturated heterocycles. The lowest BCUT2D eigenvalue weighted by molar-refractivity contribution is 0.551. The molecule has 15 heavy (non-hydrogen) atoms. The molecule has 0 saturated carbocycles. The van der Waals surface area contributed by atoms with Crippen LogP contribution in [-0.4, -0.2) is 12.6 Å². The zero-order chi connectivity index (χ0) is 11.3. The van der Waals surface area contributed by atoms with Crippen molar-refractivity contribution in [3.05, 3.63) is 35.4 Å². The maximum absolute atomic E-state index is 13.1. The Morgan fingerprint density at radius 1 is 1.40 bits per heavy atom. The molecule has 1 rings (SSSR count). The van der Waals surface area contributed by atoms with Gasteiger partial charge in [-0.05, 0) is 38.1 Å². The largest absolute Gasteiger partial charge is 0.328 e. The van der Waals surface area contributed by atoms with Gasteiger partial charge in [0, 0.05) is 18.2 Å². The first-order valence-corrected chi connectivity index (χ1v) is 5.00. The molecule has 0 radical (unpaired) electrons. The van der Waals surface area contributed by atoms with Crippen LogP contribution in [0.15, 0.2) is 18.2 Å². The second kappa shape index (κ2) is 5.78. The third-order valence-electron chi connectivity index (χ3n) is 2.10. The summed E-state index contributed by atoms with van der Waals surface area (Å²) >= 11 is 0. The summed E-state index contributed by atoms with van der Waals surface area (Å²) < 4.78 is 25.9. The van der Waals surface area contributed by atoms with Crippen LogP contribution in [-0.2, 0) is 6.54 Å². The highest BCUT2D eigenvalue weighted by Gasteiger charge is 2.03. The minimum atomic E-state index is -0.416. The van der Waals surface area contributed by atoms with Crippen molar-refractivity contribution in [2.24, 2.45) is 5.73 Å². The van der Waals surface area contributed by atoms with Gasteiger partial charge in [0.25, 0.3) is 0 Å². The van der Waals surface area contributed by atoms with E-state index in [-0.39, 0.29) is 11.9 Å². The summed E-state index contributed by atoms with van der Waals surface area (Å²) in [4.78, 5) is 0. The molecular formula is C11H16F2N2. The summed E-state index contributed by atoms with van der Waals surface area (Å²) in [7, 11) is 0. The van der Waals surface area contributed by atoms with Crippen LogP contribution in [0.5, 0.6) is 0 Å². The van der Waals surface area contributed by atoms with Crippen molar-refractivity contribution in [1.82, 2.24) is 5.32 Å². The highest BCUT2D eigenvalue weighted by molar-refractivity contribution is 5.18. The van der Waals surface area contributed by atoms with Crippen LogP contribution < -0.4 is 11.1 Å². The maximum Gasteiger partial charge on any atom is 0.127 e. The average molecular weight is 214 g/mol. The molecule has 0 fully saturated rings. The first-order valence-electron chi connectivity index (χ1n) is 5.00. The molecule has 84 valence electrons. The SMILES string of the molecule is CC(N)CCNCc1cc(F)ccc1F. The molecule has 0 aliphatic rings. The van der Waals surface area contributed by atoms with Crippen molar-refractivity contribution in [2.45, 2.75) is 25.9 Å². The van der Waals surface area contributed by atoms with Gasteiger partial charge in [-0.15, -0.1) is 0 Å². The number of benzene rings is 1. The lowest BCUT2D eigenvalue weighted by atomic mass is 10.2. The predicted molar refractivity (Wildman–Crippen MR) is 56.3 cm³/mol. The van der Waals surface area contributed by atoms with Crippen LogP contribution in [0.25, 0.3) is 0 Å². The Balaban J connectivity index is 2.40. The Hall–Kier alpha value is -1.00. The van der Waals surface area contributed by atoms with E-state index >= 15 is 0 Å². The van der Waals surface area contributed by atoms with E-state index in [0.29, 0.717) is 18.7 Å². The Bertz CT molecular complexity index is 313. The molecule has 0 spiro atoms. The lowest BCUT2D eigenvalue weighted by Crippen LogP contribution is -2.24. The average Bonchev–Trinajstić information content (AvgIpc) is 2.17. The fraction of sp³-hybridized carbons (Fsp3) is 0.455. The Morgan fingerprint density at radius 2 is 2.13 bits per heavy atom.